The fourth-order valence-corrected chi connectivity index (χ4v) is 1.99. The van der Waals surface area contributed by atoms with Crippen LogP contribution in [0.25, 0.3) is 0 Å². The number of guanidine groups is 1. The largest absolute Gasteiger partial charge is 0.382 e. The number of hydrogen-bond donors (Lipinski definition) is 2. The highest BCUT2D eigenvalue weighted by Crippen LogP contribution is 2.20. The van der Waals surface area contributed by atoms with Gasteiger partial charge in [-0.05, 0) is 37.5 Å². The van der Waals surface area contributed by atoms with E-state index in [1.807, 2.05) is 21.0 Å². The summed E-state index contributed by atoms with van der Waals surface area (Å²) in [4.78, 5) is 6.50. The van der Waals surface area contributed by atoms with Gasteiger partial charge in [-0.3, -0.25) is 0 Å². The van der Waals surface area contributed by atoms with Gasteiger partial charge in [-0.2, -0.15) is 0 Å². The maximum atomic E-state index is 5.88. The van der Waals surface area contributed by atoms with E-state index in [-0.39, 0.29) is 24.0 Å². The van der Waals surface area contributed by atoms with Crippen molar-refractivity contribution in [3.05, 3.63) is 29.3 Å². The second-order valence-corrected chi connectivity index (χ2v) is 5.21. The Labute approximate surface area is 151 Å². The summed E-state index contributed by atoms with van der Waals surface area (Å²) in [5.41, 5.74) is 9.47. The zero-order valence-electron chi connectivity index (χ0n) is 14.1. The van der Waals surface area contributed by atoms with Crippen molar-refractivity contribution in [1.29, 1.82) is 0 Å². The number of aryl methyl sites for hydroxylation is 1. The Morgan fingerprint density at radius 3 is 2.73 bits per heavy atom. The summed E-state index contributed by atoms with van der Waals surface area (Å²) in [5, 5.41) is 3.11. The fourth-order valence-electron chi connectivity index (χ4n) is 1.99. The van der Waals surface area contributed by atoms with Gasteiger partial charge in [0.05, 0.1) is 6.54 Å². The molecule has 0 spiro atoms. The van der Waals surface area contributed by atoms with Crippen LogP contribution in [0.15, 0.2) is 23.2 Å². The fraction of sp³-hybridized carbons (Fsp3) is 0.562. The lowest BCUT2D eigenvalue weighted by Crippen LogP contribution is -2.32. The molecule has 0 saturated carbocycles. The first-order chi connectivity index (χ1) is 10.0. The van der Waals surface area contributed by atoms with Gasteiger partial charge in [-0.25, -0.2) is 4.99 Å². The number of hydrogen-bond acceptors (Lipinski definition) is 3. The molecule has 0 radical (unpaired) electrons. The van der Waals surface area contributed by atoms with E-state index in [0.29, 0.717) is 12.5 Å². The third kappa shape index (κ3) is 7.84. The van der Waals surface area contributed by atoms with Crippen LogP contribution in [0.4, 0.5) is 5.69 Å². The van der Waals surface area contributed by atoms with Gasteiger partial charge in [0, 0.05) is 39.5 Å². The Morgan fingerprint density at radius 2 is 2.09 bits per heavy atom. The Hall–Kier alpha value is -1.02. The standard InChI is InChI=1S/C16H28N4O.HI/c1-5-21-10-6-9-18-16(17)19-12-14-8-7-13(2)11-15(14)20(3)4;/h7-8,11H,5-6,9-10,12H2,1-4H3,(H3,17,18,19);1H. The van der Waals surface area contributed by atoms with Crippen LogP contribution in [0.2, 0.25) is 0 Å². The second-order valence-electron chi connectivity index (χ2n) is 5.21. The summed E-state index contributed by atoms with van der Waals surface area (Å²) in [7, 11) is 4.08. The molecule has 1 aromatic carbocycles. The highest BCUT2D eigenvalue weighted by Gasteiger charge is 2.04. The normalized spacial score (nSPS) is 11.0. The van der Waals surface area contributed by atoms with E-state index in [1.165, 1.54) is 16.8 Å². The number of anilines is 1. The second kappa shape index (κ2) is 11.5. The third-order valence-electron chi connectivity index (χ3n) is 3.12. The zero-order valence-corrected chi connectivity index (χ0v) is 16.4. The molecule has 126 valence electrons. The Kier molecular flexibility index (Phi) is 11.0. The summed E-state index contributed by atoms with van der Waals surface area (Å²) in [6, 6.07) is 6.37. The molecule has 0 amide bonds. The first-order valence-electron chi connectivity index (χ1n) is 7.43. The maximum absolute atomic E-state index is 5.88. The van der Waals surface area contributed by atoms with Crippen molar-refractivity contribution in [2.24, 2.45) is 10.7 Å². The minimum atomic E-state index is 0. The number of rotatable bonds is 8. The molecule has 1 rings (SSSR count). The molecule has 0 atom stereocenters. The minimum absolute atomic E-state index is 0. The molecule has 0 aliphatic carbocycles. The molecule has 0 aliphatic heterocycles. The van der Waals surface area contributed by atoms with Gasteiger partial charge in [0.15, 0.2) is 5.96 Å². The van der Waals surface area contributed by atoms with Gasteiger partial charge >= 0.3 is 0 Å². The molecule has 5 nitrogen and oxygen atoms in total. The Morgan fingerprint density at radius 1 is 1.36 bits per heavy atom. The van der Waals surface area contributed by atoms with E-state index in [4.69, 9.17) is 10.5 Å². The highest BCUT2D eigenvalue weighted by atomic mass is 127. The Bertz CT molecular complexity index is 463. The Balaban J connectivity index is 0.00000441. The van der Waals surface area contributed by atoms with Crippen LogP contribution in [-0.4, -0.2) is 39.8 Å². The number of nitrogens with two attached hydrogens (primary N) is 1. The lowest BCUT2D eigenvalue weighted by atomic mass is 10.1. The number of benzene rings is 1. The number of aliphatic imine (C=N–C) groups is 1. The molecular weight excluding hydrogens is 391 g/mol. The van der Waals surface area contributed by atoms with E-state index in [0.717, 1.165) is 26.2 Å². The molecule has 0 bridgehead atoms. The number of nitrogens with zero attached hydrogens (tertiary/aromatic N) is 2. The first-order valence-corrected chi connectivity index (χ1v) is 7.43. The van der Waals surface area contributed by atoms with Crippen LogP contribution in [-0.2, 0) is 11.3 Å². The molecule has 0 unspecified atom stereocenters. The van der Waals surface area contributed by atoms with E-state index >= 15 is 0 Å². The van der Waals surface area contributed by atoms with Gasteiger partial charge in [-0.15, -0.1) is 24.0 Å². The highest BCUT2D eigenvalue weighted by molar-refractivity contribution is 14.0. The molecule has 3 N–H and O–H groups in total. The summed E-state index contributed by atoms with van der Waals surface area (Å²) in [6.45, 7) is 6.95. The first kappa shape index (κ1) is 21.0. The van der Waals surface area contributed by atoms with E-state index in [2.05, 4.69) is 40.3 Å². The molecule has 0 aromatic heterocycles. The average Bonchev–Trinajstić information content (AvgIpc) is 2.45. The summed E-state index contributed by atoms with van der Waals surface area (Å²) in [6.07, 6.45) is 0.928. The minimum Gasteiger partial charge on any atom is -0.382 e. The molecule has 22 heavy (non-hydrogen) atoms. The van der Waals surface area contributed by atoms with Gasteiger partial charge < -0.3 is 20.7 Å². The number of halogens is 1. The number of nitrogens with one attached hydrogen (secondary N) is 1. The third-order valence-corrected chi connectivity index (χ3v) is 3.12. The monoisotopic (exact) mass is 420 g/mol. The van der Waals surface area contributed by atoms with Crippen molar-refractivity contribution in [1.82, 2.24) is 5.32 Å². The van der Waals surface area contributed by atoms with Crippen LogP contribution in [0.5, 0.6) is 0 Å². The molecule has 0 fully saturated rings. The van der Waals surface area contributed by atoms with Crippen molar-refractivity contribution >= 4 is 35.6 Å². The van der Waals surface area contributed by atoms with Crippen molar-refractivity contribution < 1.29 is 4.74 Å². The summed E-state index contributed by atoms with van der Waals surface area (Å²) < 4.78 is 5.27. The lowest BCUT2D eigenvalue weighted by molar-refractivity contribution is 0.145. The SMILES string of the molecule is CCOCCCNC(N)=NCc1ccc(C)cc1N(C)C.I. The quantitative estimate of drug-likeness (QED) is 0.294. The van der Waals surface area contributed by atoms with Gasteiger partial charge in [-0.1, -0.05) is 12.1 Å². The predicted molar refractivity (Wildman–Crippen MR) is 105 cm³/mol. The molecule has 6 heteroatoms. The van der Waals surface area contributed by atoms with Gasteiger partial charge in [0.25, 0.3) is 0 Å². The van der Waals surface area contributed by atoms with Crippen LogP contribution >= 0.6 is 24.0 Å². The molecule has 1 aromatic rings. The molecular formula is C16H29IN4O. The maximum Gasteiger partial charge on any atom is 0.188 e. The smallest absolute Gasteiger partial charge is 0.188 e. The van der Waals surface area contributed by atoms with E-state index < -0.39 is 0 Å². The zero-order chi connectivity index (χ0) is 15.7. The van der Waals surface area contributed by atoms with Gasteiger partial charge in [0.1, 0.15) is 0 Å². The van der Waals surface area contributed by atoms with Crippen molar-refractivity contribution in [3.63, 3.8) is 0 Å². The van der Waals surface area contributed by atoms with E-state index in [1.54, 1.807) is 0 Å². The van der Waals surface area contributed by atoms with Crippen molar-refractivity contribution in [3.8, 4) is 0 Å². The average molecular weight is 420 g/mol. The van der Waals surface area contributed by atoms with Gasteiger partial charge in [0.2, 0.25) is 0 Å². The van der Waals surface area contributed by atoms with Crippen LogP contribution in [0, 0.1) is 6.92 Å². The summed E-state index contributed by atoms with van der Waals surface area (Å²) in [5.74, 6) is 0.483. The molecule has 0 aliphatic rings. The van der Waals surface area contributed by atoms with Crippen LogP contribution < -0.4 is 16.0 Å². The molecule has 0 heterocycles. The van der Waals surface area contributed by atoms with Crippen molar-refractivity contribution in [2.45, 2.75) is 26.8 Å². The van der Waals surface area contributed by atoms with E-state index in [9.17, 15) is 0 Å². The summed E-state index contributed by atoms with van der Waals surface area (Å²) >= 11 is 0. The van der Waals surface area contributed by atoms with Crippen LogP contribution in [0.1, 0.15) is 24.5 Å². The topological polar surface area (TPSA) is 62.9 Å². The predicted octanol–water partition coefficient (Wildman–Crippen LogP) is 2.51. The molecule has 0 saturated heterocycles. The number of ether oxygens (including phenoxy) is 1. The lowest BCUT2D eigenvalue weighted by Gasteiger charge is -2.17. The van der Waals surface area contributed by atoms with Crippen LogP contribution in [0.3, 0.4) is 0 Å². The van der Waals surface area contributed by atoms with Crippen molar-refractivity contribution in [2.75, 3.05) is 38.8 Å².